The maximum atomic E-state index is 11.7. The van der Waals surface area contributed by atoms with E-state index in [2.05, 4.69) is 4.72 Å². The molecule has 1 saturated carbocycles. The van der Waals surface area contributed by atoms with Crippen LogP contribution in [0.1, 0.15) is 18.4 Å². The predicted octanol–water partition coefficient (Wildman–Crippen LogP) is 2.12. The smallest absolute Gasteiger partial charge is 0.235 e. The van der Waals surface area contributed by atoms with Gasteiger partial charge in [0.15, 0.2) is 0 Å². The van der Waals surface area contributed by atoms with Gasteiger partial charge in [-0.15, -0.1) is 0 Å². The van der Waals surface area contributed by atoms with Crippen molar-refractivity contribution in [3.63, 3.8) is 0 Å². The van der Waals surface area contributed by atoms with Crippen LogP contribution in [0.3, 0.4) is 0 Å². The molecule has 0 spiro atoms. The number of nitrogens with one attached hydrogen (secondary N) is 1. The normalized spacial score (nSPS) is 15.5. The number of anilines is 1. The van der Waals surface area contributed by atoms with E-state index in [9.17, 15) is 8.42 Å². The standard InChI is InChI=1S/C10H9ClN2O2S/c11-9-4-1-7(6-12)5-10(9)13-16(14,15)8-2-3-8/h1,4-5,8,13H,2-3H2. The molecule has 0 heterocycles. The van der Waals surface area contributed by atoms with Gasteiger partial charge in [-0.25, -0.2) is 8.42 Å². The maximum absolute atomic E-state index is 11.7. The average molecular weight is 257 g/mol. The van der Waals surface area contributed by atoms with Gasteiger partial charge in [-0.3, -0.25) is 4.72 Å². The molecule has 4 nitrogen and oxygen atoms in total. The van der Waals surface area contributed by atoms with E-state index >= 15 is 0 Å². The zero-order valence-electron chi connectivity index (χ0n) is 8.27. The average Bonchev–Trinajstić information content (AvgIpc) is 3.04. The summed E-state index contributed by atoms with van der Waals surface area (Å²) in [5.41, 5.74) is 0.644. The summed E-state index contributed by atoms with van der Waals surface area (Å²) in [5, 5.41) is 8.69. The van der Waals surface area contributed by atoms with Gasteiger partial charge in [0.1, 0.15) is 0 Å². The fourth-order valence-corrected chi connectivity index (χ4v) is 2.91. The third-order valence-electron chi connectivity index (χ3n) is 2.31. The minimum atomic E-state index is -3.33. The summed E-state index contributed by atoms with van der Waals surface area (Å²) in [6, 6.07) is 6.41. The predicted molar refractivity (Wildman–Crippen MR) is 61.7 cm³/mol. The molecule has 0 unspecified atom stereocenters. The Balaban J connectivity index is 2.30. The van der Waals surface area contributed by atoms with Crippen LogP contribution in [0.15, 0.2) is 18.2 Å². The molecule has 1 N–H and O–H groups in total. The number of nitriles is 1. The molecular weight excluding hydrogens is 248 g/mol. The molecule has 0 radical (unpaired) electrons. The van der Waals surface area contributed by atoms with Gasteiger partial charge < -0.3 is 0 Å². The number of halogens is 1. The Morgan fingerprint density at radius 2 is 2.12 bits per heavy atom. The third-order valence-corrected chi connectivity index (χ3v) is 4.49. The topological polar surface area (TPSA) is 70.0 Å². The van der Waals surface area contributed by atoms with Gasteiger partial charge >= 0.3 is 0 Å². The van der Waals surface area contributed by atoms with E-state index < -0.39 is 10.0 Å². The lowest BCUT2D eigenvalue weighted by Crippen LogP contribution is -2.17. The molecule has 0 atom stereocenters. The lowest BCUT2D eigenvalue weighted by atomic mass is 10.2. The summed E-state index contributed by atoms with van der Waals surface area (Å²) in [4.78, 5) is 0. The first kappa shape index (κ1) is 11.2. The Kier molecular flexibility index (Phi) is 2.78. The number of hydrogen-bond acceptors (Lipinski definition) is 3. The molecule has 0 saturated heterocycles. The van der Waals surface area contributed by atoms with Crippen molar-refractivity contribution in [3.8, 4) is 6.07 Å². The van der Waals surface area contributed by atoms with E-state index in [1.54, 1.807) is 0 Å². The van der Waals surface area contributed by atoms with Crippen LogP contribution in [-0.4, -0.2) is 13.7 Å². The summed E-state index contributed by atoms with van der Waals surface area (Å²) in [7, 11) is -3.33. The van der Waals surface area contributed by atoms with Crippen LogP contribution in [0.5, 0.6) is 0 Å². The zero-order valence-corrected chi connectivity index (χ0v) is 9.85. The lowest BCUT2D eigenvalue weighted by molar-refractivity contribution is 0.600. The molecule has 0 bridgehead atoms. The fourth-order valence-electron chi connectivity index (χ4n) is 1.29. The van der Waals surface area contributed by atoms with Crippen LogP contribution >= 0.6 is 11.6 Å². The molecule has 1 aliphatic carbocycles. The van der Waals surface area contributed by atoms with Crippen LogP contribution in [0.2, 0.25) is 5.02 Å². The Morgan fingerprint density at radius 3 is 2.69 bits per heavy atom. The summed E-state index contributed by atoms with van der Waals surface area (Å²) in [5.74, 6) is 0. The first-order valence-corrected chi connectivity index (χ1v) is 6.66. The highest BCUT2D eigenvalue weighted by Gasteiger charge is 2.36. The maximum Gasteiger partial charge on any atom is 0.235 e. The van der Waals surface area contributed by atoms with E-state index in [-0.39, 0.29) is 10.9 Å². The van der Waals surface area contributed by atoms with Crippen molar-refractivity contribution in [1.29, 1.82) is 5.26 Å². The number of rotatable bonds is 3. The van der Waals surface area contributed by atoms with Gasteiger partial charge in [0.25, 0.3) is 0 Å². The third kappa shape index (κ3) is 2.29. The van der Waals surface area contributed by atoms with Gasteiger partial charge in [-0.05, 0) is 31.0 Å². The van der Waals surface area contributed by atoms with Gasteiger partial charge in [-0.1, -0.05) is 11.6 Å². The van der Waals surface area contributed by atoms with Crippen molar-refractivity contribution >= 4 is 27.3 Å². The van der Waals surface area contributed by atoms with Crippen molar-refractivity contribution < 1.29 is 8.42 Å². The summed E-state index contributed by atoms with van der Waals surface area (Å²) >= 11 is 5.85. The molecule has 0 amide bonds. The molecule has 2 rings (SSSR count). The SMILES string of the molecule is N#Cc1ccc(Cl)c(NS(=O)(=O)C2CC2)c1. The summed E-state index contributed by atoms with van der Waals surface area (Å²) in [6.45, 7) is 0. The minimum absolute atomic E-state index is 0.271. The van der Waals surface area contributed by atoms with Crippen LogP contribution in [0.4, 0.5) is 5.69 Å². The van der Waals surface area contributed by atoms with E-state index in [0.717, 1.165) is 0 Å². The number of nitrogens with zero attached hydrogens (tertiary/aromatic N) is 1. The van der Waals surface area contributed by atoms with Crippen molar-refractivity contribution in [3.05, 3.63) is 28.8 Å². The van der Waals surface area contributed by atoms with E-state index in [0.29, 0.717) is 23.4 Å². The van der Waals surface area contributed by atoms with Gasteiger partial charge in [0.05, 0.1) is 27.6 Å². The number of benzene rings is 1. The minimum Gasteiger partial charge on any atom is -0.282 e. The second-order valence-corrected chi connectivity index (χ2v) is 6.02. The molecule has 1 fully saturated rings. The Morgan fingerprint density at radius 1 is 1.44 bits per heavy atom. The molecule has 0 aromatic heterocycles. The Hall–Kier alpha value is -1.25. The quantitative estimate of drug-likeness (QED) is 0.901. The highest BCUT2D eigenvalue weighted by atomic mass is 35.5. The summed E-state index contributed by atoms with van der Waals surface area (Å²) in [6.07, 6.45) is 1.37. The van der Waals surface area contributed by atoms with Crippen LogP contribution in [-0.2, 0) is 10.0 Å². The van der Waals surface area contributed by atoms with Crippen LogP contribution < -0.4 is 4.72 Å². The first-order chi connectivity index (χ1) is 7.53. The monoisotopic (exact) mass is 256 g/mol. The van der Waals surface area contributed by atoms with E-state index in [1.807, 2.05) is 6.07 Å². The van der Waals surface area contributed by atoms with Crippen molar-refractivity contribution in [1.82, 2.24) is 0 Å². The van der Waals surface area contributed by atoms with Crippen LogP contribution in [0, 0.1) is 11.3 Å². The Labute approximate surface area is 98.9 Å². The van der Waals surface area contributed by atoms with Crippen LogP contribution in [0.25, 0.3) is 0 Å². The first-order valence-electron chi connectivity index (χ1n) is 4.74. The largest absolute Gasteiger partial charge is 0.282 e. The highest BCUT2D eigenvalue weighted by molar-refractivity contribution is 7.93. The van der Waals surface area contributed by atoms with Crippen molar-refractivity contribution in [2.24, 2.45) is 0 Å². The molecule has 1 aliphatic rings. The molecule has 84 valence electrons. The molecular formula is C10H9ClN2O2S. The van der Waals surface area contributed by atoms with Gasteiger partial charge in [-0.2, -0.15) is 5.26 Å². The van der Waals surface area contributed by atoms with Crippen molar-refractivity contribution in [2.75, 3.05) is 4.72 Å². The molecule has 0 aliphatic heterocycles. The fraction of sp³-hybridized carbons (Fsp3) is 0.300. The molecule has 1 aromatic carbocycles. The Bertz CT molecular complexity index is 559. The highest BCUT2D eigenvalue weighted by Crippen LogP contribution is 2.32. The van der Waals surface area contributed by atoms with E-state index in [1.165, 1.54) is 18.2 Å². The summed E-state index contributed by atoms with van der Waals surface area (Å²) < 4.78 is 25.7. The second-order valence-electron chi connectivity index (χ2n) is 3.65. The van der Waals surface area contributed by atoms with Crippen molar-refractivity contribution in [2.45, 2.75) is 18.1 Å². The molecule has 6 heteroatoms. The molecule has 1 aromatic rings. The lowest BCUT2D eigenvalue weighted by Gasteiger charge is -2.08. The zero-order chi connectivity index (χ0) is 11.8. The number of hydrogen-bond donors (Lipinski definition) is 1. The second kappa shape index (κ2) is 3.96. The number of sulfonamides is 1. The van der Waals surface area contributed by atoms with Gasteiger partial charge in [0.2, 0.25) is 10.0 Å². The van der Waals surface area contributed by atoms with E-state index in [4.69, 9.17) is 16.9 Å². The van der Waals surface area contributed by atoms with Gasteiger partial charge in [0, 0.05) is 0 Å². The molecule has 16 heavy (non-hydrogen) atoms.